The van der Waals surface area contributed by atoms with Crippen molar-refractivity contribution >= 4 is 5.91 Å². The number of carbonyl (C=O) groups excluding carboxylic acids is 1. The molecule has 0 unspecified atom stereocenters. The highest BCUT2D eigenvalue weighted by Gasteiger charge is 2.13. The van der Waals surface area contributed by atoms with Crippen LogP contribution in [-0.2, 0) is 11.3 Å². The molecule has 0 aliphatic heterocycles. The molecular weight excluding hydrogens is 259 g/mol. The predicted octanol–water partition coefficient (Wildman–Crippen LogP) is 2.23. The maximum atomic E-state index is 13.7. The summed E-state index contributed by atoms with van der Waals surface area (Å²) in [6.45, 7) is 4.34. The van der Waals surface area contributed by atoms with Crippen LogP contribution >= 0.6 is 0 Å². The average Bonchev–Trinajstić information content (AvgIpc) is 2.44. The van der Waals surface area contributed by atoms with E-state index in [4.69, 9.17) is 4.74 Å². The van der Waals surface area contributed by atoms with Crippen LogP contribution in [0.4, 0.5) is 4.39 Å². The van der Waals surface area contributed by atoms with Gasteiger partial charge in [-0.15, -0.1) is 0 Å². The van der Waals surface area contributed by atoms with Crippen molar-refractivity contribution in [1.82, 2.24) is 10.6 Å². The first kappa shape index (κ1) is 16.4. The van der Waals surface area contributed by atoms with Gasteiger partial charge in [0.05, 0.1) is 0 Å². The number of nitrogens with one attached hydrogen (secondary N) is 2. The number of halogens is 1. The van der Waals surface area contributed by atoms with E-state index in [1.54, 1.807) is 19.2 Å². The Bertz CT molecular complexity index is 434. The summed E-state index contributed by atoms with van der Waals surface area (Å²) in [6, 6.07) is 4.86. The number of amides is 1. The number of benzene rings is 1. The molecule has 1 amide bonds. The summed E-state index contributed by atoms with van der Waals surface area (Å²) in [6.07, 6.45) is 1.74. The van der Waals surface area contributed by atoms with Crippen molar-refractivity contribution in [3.05, 3.63) is 29.6 Å². The van der Waals surface area contributed by atoms with Gasteiger partial charge in [0.1, 0.15) is 0 Å². The Morgan fingerprint density at radius 3 is 2.65 bits per heavy atom. The molecule has 0 heterocycles. The van der Waals surface area contributed by atoms with E-state index in [2.05, 4.69) is 10.6 Å². The van der Waals surface area contributed by atoms with Crippen molar-refractivity contribution in [3.63, 3.8) is 0 Å². The van der Waals surface area contributed by atoms with Gasteiger partial charge >= 0.3 is 0 Å². The molecule has 112 valence electrons. The van der Waals surface area contributed by atoms with Gasteiger partial charge in [0.25, 0.3) is 5.91 Å². The van der Waals surface area contributed by atoms with Gasteiger partial charge in [-0.05, 0) is 26.0 Å². The first-order chi connectivity index (χ1) is 9.62. The van der Waals surface area contributed by atoms with Gasteiger partial charge in [-0.3, -0.25) is 4.79 Å². The van der Waals surface area contributed by atoms with Crippen LogP contribution in [0.25, 0.3) is 0 Å². The highest BCUT2D eigenvalue weighted by atomic mass is 19.1. The third-order valence-electron chi connectivity index (χ3n) is 3.11. The zero-order valence-electron chi connectivity index (χ0n) is 12.3. The standard InChI is InChI=1S/C15H23FN2O2/c1-4-12(5-2)18-14(19)10-20-15-11(9-17-3)7-6-8-13(15)16/h6-8,12,17H,4-5,9-10H2,1-3H3,(H,18,19). The minimum atomic E-state index is -0.451. The second kappa shape index (κ2) is 8.53. The van der Waals surface area contributed by atoms with Crippen molar-refractivity contribution in [1.29, 1.82) is 0 Å². The minimum Gasteiger partial charge on any atom is -0.480 e. The van der Waals surface area contributed by atoms with Gasteiger partial charge in [-0.1, -0.05) is 26.0 Å². The molecule has 1 rings (SSSR count). The fourth-order valence-electron chi connectivity index (χ4n) is 1.94. The Labute approximate surface area is 119 Å². The third kappa shape index (κ3) is 4.81. The SMILES string of the molecule is CCC(CC)NC(=O)COc1c(F)cccc1CNC. The van der Waals surface area contributed by atoms with Gasteiger partial charge in [0.2, 0.25) is 0 Å². The fraction of sp³-hybridized carbons (Fsp3) is 0.533. The summed E-state index contributed by atoms with van der Waals surface area (Å²) in [5.41, 5.74) is 0.697. The highest BCUT2D eigenvalue weighted by Crippen LogP contribution is 2.22. The predicted molar refractivity (Wildman–Crippen MR) is 77.2 cm³/mol. The molecule has 0 saturated heterocycles. The molecule has 0 saturated carbocycles. The molecule has 1 aromatic rings. The number of hydrogen-bond donors (Lipinski definition) is 2. The van der Waals surface area contributed by atoms with Crippen molar-refractivity contribution in [2.24, 2.45) is 0 Å². The lowest BCUT2D eigenvalue weighted by Crippen LogP contribution is -2.37. The summed E-state index contributed by atoms with van der Waals surface area (Å²) in [5, 5.41) is 5.80. The van der Waals surface area contributed by atoms with Gasteiger partial charge in [0.15, 0.2) is 18.2 Å². The highest BCUT2D eigenvalue weighted by molar-refractivity contribution is 5.77. The van der Waals surface area contributed by atoms with Crippen molar-refractivity contribution in [2.75, 3.05) is 13.7 Å². The lowest BCUT2D eigenvalue weighted by Gasteiger charge is -2.16. The Morgan fingerprint density at radius 1 is 1.35 bits per heavy atom. The van der Waals surface area contributed by atoms with E-state index >= 15 is 0 Å². The van der Waals surface area contributed by atoms with Crippen molar-refractivity contribution in [2.45, 2.75) is 39.3 Å². The Hall–Kier alpha value is -1.62. The van der Waals surface area contributed by atoms with Crippen LogP contribution in [0.15, 0.2) is 18.2 Å². The van der Waals surface area contributed by atoms with E-state index in [-0.39, 0.29) is 24.3 Å². The van der Waals surface area contributed by atoms with Crippen molar-refractivity contribution < 1.29 is 13.9 Å². The lowest BCUT2D eigenvalue weighted by atomic mass is 10.2. The van der Waals surface area contributed by atoms with Gasteiger partial charge < -0.3 is 15.4 Å². The quantitative estimate of drug-likeness (QED) is 0.769. The van der Waals surface area contributed by atoms with Crippen LogP contribution in [0.5, 0.6) is 5.75 Å². The second-order valence-electron chi connectivity index (χ2n) is 4.63. The van der Waals surface area contributed by atoms with Gasteiger partial charge in [-0.25, -0.2) is 4.39 Å². The molecule has 0 atom stereocenters. The molecule has 20 heavy (non-hydrogen) atoms. The summed E-state index contributed by atoms with van der Waals surface area (Å²) < 4.78 is 19.1. The number of ether oxygens (including phenoxy) is 1. The zero-order valence-corrected chi connectivity index (χ0v) is 12.3. The van der Waals surface area contributed by atoms with Gasteiger partial charge in [0, 0.05) is 18.2 Å². The number of hydrogen-bond acceptors (Lipinski definition) is 3. The maximum Gasteiger partial charge on any atom is 0.258 e. The summed E-state index contributed by atoms with van der Waals surface area (Å²) in [5.74, 6) is -0.535. The Balaban J connectivity index is 2.63. The van der Waals surface area contributed by atoms with Crippen LogP contribution in [0.3, 0.4) is 0 Å². The summed E-state index contributed by atoms with van der Waals surface area (Å²) in [7, 11) is 1.77. The molecule has 0 bridgehead atoms. The Kier molecular flexibility index (Phi) is 7.01. The molecule has 1 aromatic carbocycles. The van der Waals surface area contributed by atoms with E-state index in [0.29, 0.717) is 12.1 Å². The monoisotopic (exact) mass is 282 g/mol. The number of rotatable bonds is 8. The smallest absolute Gasteiger partial charge is 0.258 e. The minimum absolute atomic E-state index is 0.140. The molecule has 4 nitrogen and oxygen atoms in total. The van der Waals surface area contributed by atoms with Crippen molar-refractivity contribution in [3.8, 4) is 5.75 Å². The molecule has 0 aromatic heterocycles. The molecule has 0 aliphatic rings. The summed E-state index contributed by atoms with van der Waals surface area (Å²) in [4.78, 5) is 11.8. The maximum absolute atomic E-state index is 13.7. The van der Waals surface area contributed by atoms with E-state index < -0.39 is 5.82 Å². The largest absolute Gasteiger partial charge is 0.480 e. The van der Waals surface area contributed by atoms with E-state index in [0.717, 1.165) is 12.8 Å². The first-order valence-corrected chi connectivity index (χ1v) is 6.96. The molecular formula is C15H23FN2O2. The first-order valence-electron chi connectivity index (χ1n) is 6.96. The molecule has 0 radical (unpaired) electrons. The van der Waals surface area contributed by atoms with E-state index in [1.165, 1.54) is 6.07 Å². The van der Waals surface area contributed by atoms with Gasteiger partial charge in [-0.2, -0.15) is 0 Å². The molecule has 0 spiro atoms. The molecule has 5 heteroatoms. The topological polar surface area (TPSA) is 50.4 Å². The Morgan fingerprint density at radius 2 is 2.05 bits per heavy atom. The van der Waals surface area contributed by atoms with Crippen LogP contribution in [-0.4, -0.2) is 25.6 Å². The third-order valence-corrected chi connectivity index (χ3v) is 3.11. The second-order valence-corrected chi connectivity index (χ2v) is 4.63. The van der Waals surface area contributed by atoms with Crippen LogP contribution in [0, 0.1) is 5.82 Å². The van der Waals surface area contributed by atoms with Crippen LogP contribution < -0.4 is 15.4 Å². The molecule has 2 N–H and O–H groups in total. The van der Waals surface area contributed by atoms with Crippen LogP contribution in [0.1, 0.15) is 32.3 Å². The fourth-order valence-corrected chi connectivity index (χ4v) is 1.94. The zero-order chi connectivity index (χ0) is 15.0. The lowest BCUT2D eigenvalue weighted by molar-refractivity contribution is -0.123. The number of carbonyl (C=O) groups is 1. The van der Waals surface area contributed by atoms with E-state index in [9.17, 15) is 9.18 Å². The average molecular weight is 282 g/mol. The summed E-state index contributed by atoms with van der Waals surface area (Å²) >= 11 is 0. The van der Waals surface area contributed by atoms with Crippen LogP contribution in [0.2, 0.25) is 0 Å². The number of para-hydroxylation sites is 1. The normalized spacial score (nSPS) is 10.7. The van der Waals surface area contributed by atoms with E-state index in [1.807, 2.05) is 13.8 Å². The molecule has 0 fully saturated rings. The molecule has 0 aliphatic carbocycles.